The van der Waals surface area contributed by atoms with Crippen LogP contribution in [0.25, 0.3) is 5.57 Å². The predicted molar refractivity (Wildman–Crippen MR) is 110 cm³/mol. The van der Waals surface area contributed by atoms with Crippen LogP contribution >= 0.6 is 0 Å². The van der Waals surface area contributed by atoms with Crippen molar-refractivity contribution in [1.29, 1.82) is 0 Å². The lowest BCUT2D eigenvalue weighted by Crippen LogP contribution is -2.26. The van der Waals surface area contributed by atoms with Crippen molar-refractivity contribution in [2.45, 2.75) is 26.0 Å². The van der Waals surface area contributed by atoms with Gasteiger partial charge in [0.25, 0.3) is 0 Å². The van der Waals surface area contributed by atoms with Crippen LogP contribution in [0.4, 0.5) is 20.7 Å². The van der Waals surface area contributed by atoms with E-state index in [2.05, 4.69) is 15.6 Å². The smallest absolute Gasteiger partial charge is 0.414 e. The second-order valence-corrected chi connectivity index (χ2v) is 9.61. The Kier molecular flexibility index (Phi) is 5.48. The highest BCUT2D eigenvalue weighted by molar-refractivity contribution is 7.91. The third-order valence-electron chi connectivity index (χ3n) is 4.98. The van der Waals surface area contributed by atoms with Crippen LogP contribution in [-0.2, 0) is 25.9 Å². The highest BCUT2D eigenvalue weighted by atomic mass is 32.2. The quantitative estimate of drug-likeness (QED) is 0.735. The van der Waals surface area contributed by atoms with Gasteiger partial charge < -0.3 is 10.1 Å². The zero-order valence-corrected chi connectivity index (χ0v) is 17.4. The molecule has 1 saturated heterocycles. The summed E-state index contributed by atoms with van der Waals surface area (Å²) in [5.74, 6) is -0.630. The molecule has 1 aromatic heterocycles. The van der Waals surface area contributed by atoms with E-state index in [0.717, 1.165) is 0 Å². The molecular formula is C19H20FN5O5S. The fourth-order valence-electron chi connectivity index (χ4n) is 3.52. The van der Waals surface area contributed by atoms with Crippen LogP contribution in [0.5, 0.6) is 0 Å². The minimum absolute atomic E-state index is 0.00785. The Labute approximate surface area is 177 Å². The summed E-state index contributed by atoms with van der Waals surface area (Å²) < 4.78 is 44.6. The van der Waals surface area contributed by atoms with Crippen LogP contribution in [-0.4, -0.2) is 59.6 Å². The number of nitrogens with one attached hydrogen (secondary N) is 1. The summed E-state index contributed by atoms with van der Waals surface area (Å²) in [6, 6.07) is 4.40. The molecule has 1 N–H and O–H groups in total. The lowest BCUT2D eigenvalue weighted by atomic mass is 10.0. The molecule has 0 aliphatic carbocycles. The summed E-state index contributed by atoms with van der Waals surface area (Å²) in [6.45, 7) is 1.76. The van der Waals surface area contributed by atoms with Gasteiger partial charge >= 0.3 is 6.09 Å². The third kappa shape index (κ3) is 4.74. The average molecular weight is 449 g/mol. The van der Waals surface area contributed by atoms with Crippen molar-refractivity contribution >= 4 is 38.9 Å². The molecule has 1 atom stereocenters. The number of hydrogen-bond acceptors (Lipinski definition) is 7. The zero-order chi connectivity index (χ0) is 22.2. The van der Waals surface area contributed by atoms with Crippen molar-refractivity contribution in [1.82, 2.24) is 15.0 Å². The van der Waals surface area contributed by atoms with E-state index in [0.29, 0.717) is 16.8 Å². The molecule has 1 unspecified atom stereocenters. The molecule has 4 rings (SSSR count). The molecule has 0 saturated carbocycles. The first kappa shape index (κ1) is 21.0. The van der Waals surface area contributed by atoms with E-state index >= 15 is 0 Å². The molecule has 2 amide bonds. The number of sulfone groups is 1. The van der Waals surface area contributed by atoms with E-state index in [1.165, 1.54) is 34.8 Å². The second-order valence-electron chi connectivity index (χ2n) is 7.38. The number of rotatable bonds is 5. The highest BCUT2D eigenvalue weighted by Gasteiger charge is 2.33. The van der Waals surface area contributed by atoms with E-state index in [4.69, 9.17) is 4.74 Å². The summed E-state index contributed by atoms with van der Waals surface area (Å²) in [4.78, 5) is 24.7. The van der Waals surface area contributed by atoms with Crippen LogP contribution < -0.4 is 10.2 Å². The molecule has 0 bridgehead atoms. The van der Waals surface area contributed by atoms with Gasteiger partial charge in [0.05, 0.1) is 36.5 Å². The minimum Gasteiger partial charge on any atom is -0.442 e. The van der Waals surface area contributed by atoms with Crippen LogP contribution in [0, 0.1) is 5.82 Å². The molecule has 2 aliphatic heterocycles. The van der Waals surface area contributed by atoms with E-state index in [9.17, 15) is 22.4 Å². The van der Waals surface area contributed by atoms with Gasteiger partial charge in [0.15, 0.2) is 15.7 Å². The number of benzene rings is 1. The molecular weight excluding hydrogens is 429 g/mol. The van der Waals surface area contributed by atoms with Gasteiger partial charge in [0.1, 0.15) is 11.9 Å². The van der Waals surface area contributed by atoms with Gasteiger partial charge in [-0.25, -0.2) is 22.3 Å². The number of ether oxygens (including phenoxy) is 1. The number of anilines is 2. The molecule has 12 heteroatoms. The Balaban J connectivity index is 1.44. The van der Waals surface area contributed by atoms with Gasteiger partial charge in [-0.2, -0.15) is 0 Å². The standard InChI is InChI=1S/C19H20FN5O5S/c1-12(26)21-18-11-24(23-22-18)9-15-10-25(19(27)30-15)14-2-3-16(17(20)8-14)13-4-6-31(28,29)7-5-13/h2-4,8,11,15H,5-7,9-10H2,1H3,(H,21,26). The maximum Gasteiger partial charge on any atom is 0.414 e. The average Bonchev–Trinajstić information content (AvgIpc) is 3.28. The number of halogens is 1. The summed E-state index contributed by atoms with van der Waals surface area (Å²) >= 11 is 0. The molecule has 10 nitrogen and oxygen atoms in total. The second kappa shape index (κ2) is 8.10. The summed E-state index contributed by atoms with van der Waals surface area (Å²) in [5, 5.41) is 10.2. The Morgan fingerprint density at radius 2 is 2.19 bits per heavy atom. The Morgan fingerprint density at radius 3 is 2.87 bits per heavy atom. The number of carbonyl (C=O) groups excluding carboxylic acids is 2. The van der Waals surface area contributed by atoms with Gasteiger partial charge in [-0.15, -0.1) is 5.10 Å². The Bertz CT molecular complexity index is 1180. The third-order valence-corrected chi connectivity index (χ3v) is 6.48. The number of carbonyl (C=O) groups is 2. The molecule has 31 heavy (non-hydrogen) atoms. The van der Waals surface area contributed by atoms with Crippen LogP contribution in [0.1, 0.15) is 18.9 Å². The van der Waals surface area contributed by atoms with Crippen molar-refractivity contribution in [3.05, 3.63) is 41.9 Å². The molecule has 1 aromatic carbocycles. The topological polar surface area (TPSA) is 123 Å². The monoisotopic (exact) mass is 449 g/mol. The van der Waals surface area contributed by atoms with Crippen LogP contribution in [0.3, 0.4) is 0 Å². The van der Waals surface area contributed by atoms with Crippen LogP contribution in [0.2, 0.25) is 0 Å². The maximum absolute atomic E-state index is 14.7. The van der Waals surface area contributed by atoms with Crippen molar-refractivity contribution in [2.75, 3.05) is 28.3 Å². The fourth-order valence-corrected chi connectivity index (χ4v) is 4.67. The van der Waals surface area contributed by atoms with Gasteiger partial charge in [0, 0.05) is 12.5 Å². The first-order valence-electron chi connectivity index (χ1n) is 9.55. The van der Waals surface area contributed by atoms with Gasteiger partial charge in [-0.05, 0) is 30.2 Å². The fraction of sp³-hybridized carbons (Fsp3) is 0.368. The van der Waals surface area contributed by atoms with Gasteiger partial charge in [-0.3, -0.25) is 9.69 Å². The molecule has 164 valence electrons. The first-order chi connectivity index (χ1) is 14.7. The van der Waals surface area contributed by atoms with Crippen molar-refractivity contribution in [3.63, 3.8) is 0 Å². The van der Waals surface area contributed by atoms with E-state index in [-0.39, 0.29) is 42.7 Å². The number of aromatic nitrogens is 3. The van der Waals surface area contributed by atoms with Gasteiger partial charge in [-0.1, -0.05) is 11.3 Å². The largest absolute Gasteiger partial charge is 0.442 e. The summed E-state index contributed by atoms with van der Waals surface area (Å²) in [5.41, 5.74) is 1.31. The minimum atomic E-state index is -3.10. The number of cyclic esters (lactones) is 1. The molecule has 0 radical (unpaired) electrons. The number of nitrogens with zero attached hydrogens (tertiary/aromatic N) is 4. The summed E-state index contributed by atoms with van der Waals surface area (Å²) in [7, 11) is -3.10. The normalized spacial score (nSPS) is 20.3. The molecule has 1 fully saturated rings. The van der Waals surface area contributed by atoms with E-state index in [1.807, 2.05) is 0 Å². The first-order valence-corrected chi connectivity index (χ1v) is 11.4. The SMILES string of the molecule is CC(=O)Nc1cn(CC2CN(c3ccc(C4=CCS(=O)(=O)CC4)c(F)c3)C(=O)O2)nn1. The molecule has 2 aliphatic rings. The van der Waals surface area contributed by atoms with Crippen LogP contribution in [0.15, 0.2) is 30.5 Å². The zero-order valence-electron chi connectivity index (χ0n) is 16.6. The molecule has 2 aromatic rings. The predicted octanol–water partition coefficient (Wildman–Crippen LogP) is 1.60. The maximum atomic E-state index is 14.7. The van der Waals surface area contributed by atoms with E-state index < -0.39 is 27.9 Å². The highest BCUT2D eigenvalue weighted by Crippen LogP contribution is 2.30. The van der Waals surface area contributed by atoms with E-state index in [1.54, 1.807) is 12.1 Å². The lowest BCUT2D eigenvalue weighted by Gasteiger charge is -2.17. The van der Waals surface area contributed by atoms with Crippen molar-refractivity contribution in [3.8, 4) is 0 Å². The van der Waals surface area contributed by atoms with Crippen molar-refractivity contribution < 1.29 is 27.1 Å². The Hall–Kier alpha value is -3.28. The number of amides is 2. The van der Waals surface area contributed by atoms with Gasteiger partial charge in [0.2, 0.25) is 5.91 Å². The summed E-state index contributed by atoms with van der Waals surface area (Å²) in [6.07, 6.45) is 2.16. The Morgan fingerprint density at radius 1 is 1.39 bits per heavy atom. The number of hydrogen-bond donors (Lipinski definition) is 1. The molecule has 3 heterocycles. The number of allylic oxidation sites excluding steroid dienone is 1. The lowest BCUT2D eigenvalue weighted by molar-refractivity contribution is -0.114. The van der Waals surface area contributed by atoms with Crippen molar-refractivity contribution in [2.24, 2.45) is 0 Å². The molecule has 0 spiro atoms.